The van der Waals surface area contributed by atoms with Crippen LogP contribution in [0.5, 0.6) is 0 Å². The first kappa shape index (κ1) is 10.4. The Morgan fingerprint density at radius 1 is 1.46 bits per heavy atom. The molecule has 1 fully saturated rings. The van der Waals surface area contributed by atoms with Gasteiger partial charge in [-0.05, 0) is 31.8 Å². The number of nitrogens with one attached hydrogen (secondary N) is 2. The summed E-state index contributed by atoms with van der Waals surface area (Å²) in [6, 6.07) is 0. The monoisotopic (exact) mass is 203 g/mol. The fourth-order valence-corrected chi connectivity index (χ4v) is 1.63. The van der Waals surface area contributed by atoms with Gasteiger partial charge < -0.3 is 5.32 Å². The smallest absolute Gasteiger partial charge is 0.174 e. The standard InChI is InChI=1S/C7H13N5.ClH/c1-2-6(5-8-3-1)4-7-9-11-12-10-7;/h6,8H,1-5H2,(H,9,10,11,12);1H. The molecule has 2 heterocycles. The minimum Gasteiger partial charge on any atom is -0.316 e. The highest BCUT2D eigenvalue weighted by molar-refractivity contribution is 5.85. The van der Waals surface area contributed by atoms with Crippen molar-refractivity contribution < 1.29 is 0 Å². The average molecular weight is 204 g/mol. The van der Waals surface area contributed by atoms with Gasteiger partial charge in [0.25, 0.3) is 0 Å². The Balaban J connectivity index is 0.000000845. The Hall–Kier alpha value is -0.680. The van der Waals surface area contributed by atoms with Crippen molar-refractivity contribution in [3.8, 4) is 0 Å². The van der Waals surface area contributed by atoms with E-state index < -0.39 is 0 Å². The highest BCUT2D eigenvalue weighted by Gasteiger charge is 2.14. The van der Waals surface area contributed by atoms with E-state index >= 15 is 0 Å². The van der Waals surface area contributed by atoms with Crippen LogP contribution in [-0.4, -0.2) is 33.7 Å². The minimum atomic E-state index is 0. The van der Waals surface area contributed by atoms with Gasteiger partial charge in [0, 0.05) is 6.42 Å². The van der Waals surface area contributed by atoms with Crippen LogP contribution in [0.25, 0.3) is 0 Å². The van der Waals surface area contributed by atoms with Crippen LogP contribution in [0.1, 0.15) is 18.7 Å². The molecule has 0 amide bonds. The number of rotatable bonds is 2. The molecule has 1 aliphatic rings. The quantitative estimate of drug-likeness (QED) is 0.719. The molecule has 1 unspecified atom stereocenters. The Morgan fingerprint density at radius 3 is 3.00 bits per heavy atom. The predicted octanol–water partition coefficient (Wildman–Crippen LogP) is 0.164. The molecule has 1 aromatic rings. The first-order valence-corrected chi connectivity index (χ1v) is 4.38. The fraction of sp³-hybridized carbons (Fsp3) is 0.857. The molecule has 1 atom stereocenters. The van der Waals surface area contributed by atoms with E-state index in [0.717, 1.165) is 25.3 Å². The molecule has 1 aromatic heterocycles. The highest BCUT2D eigenvalue weighted by Crippen LogP contribution is 2.12. The largest absolute Gasteiger partial charge is 0.316 e. The zero-order valence-corrected chi connectivity index (χ0v) is 8.18. The molecular weight excluding hydrogens is 190 g/mol. The Morgan fingerprint density at radius 2 is 2.38 bits per heavy atom. The molecule has 2 N–H and O–H groups in total. The lowest BCUT2D eigenvalue weighted by Crippen LogP contribution is -2.31. The van der Waals surface area contributed by atoms with Crippen LogP contribution in [-0.2, 0) is 6.42 Å². The predicted molar refractivity (Wildman–Crippen MR) is 50.7 cm³/mol. The summed E-state index contributed by atoms with van der Waals surface area (Å²) >= 11 is 0. The van der Waals surface area contributed by atoms with E-state index in [4.69, 9.17) is 0 Å². The number of aromatic nitrogens is 4. The van der Waals surface area contributed by atoms with Crippen molar-refractivity contribution in [1.29, 1.82) is 0 Å². The number of nitrogens with zero attached hydrogens (tertiary/aromatic N) is 3. The summed E-state index contributed by atoms with van der Waals surface area (Å²) in [6.07, 6.45) is 3.49. The van der Waals surface area contributed by atoms with Crippen molar-refractivity contribution in [2.24, 2.45) is 5.92 Å². The van der Waals surface area contributed by atoms with E-state index in [9.17, 15) is 0 Å². The minimum absolute atomic E-state index is 0. The van der Waals surface area contributed by atoms with Gasteiger partial charge in [-0.2, -0.15) is 5.21 Å². The van der Waals surface area contributed by atoms with Crippen molar-refractivity contribution in [2.45, 2.75) is 19.3 Å². The topological polar surface area (TPSA) is 66.5 Å². The normalized spacial score (nSPS) is 22.3. The van der Waals surface area contributed by atoms with Gasteiger partial charge in [-0.3, -0.25) is 0 Å². The molecular formula is C7H14ClN5. The Labute approximate surface area is 83.1 Å². The second-order valence-corrected chi connectivity index (χ2v) is 3.24. The number of H-pyrrole nitrogens is 1. The third-order valence-electron chi connectivity index (χ3n) is 2.26. The van der Waals surface area contributed by atoms with E-state index in [1.165, 1.54) is 12.8 Å². The summed E-state index contributed by atoms with van der Waals surface area (Å²) in [4.78, 5) is 0. The van der Waals surface area contributed by atoms with Gasteiger partial charge in [-0.1, -0.05) is 5.21 Å². The first-order valence-electron chi connectivity index (χ1n) is 4.38. The SMILES string of the molecule is C1CNCC(Cc2nn[nH]n2)C1.Cl. The third kappa shape index (κ3) is 2.93. The molecule has 2 rings (SSSR count). The molecule has 1 saturated heterocycles. The lowest BCUT2D eigenvalue weighted by atomic mass is 9.96. The number of hydrogen-bond donors (Lipinski definition) is 2. The van der Waals surface area contributed by atoms with E-state index in [1.54, 1.807) is 0 Å². The van der Waals surface area contributed by atoms with Gasteiger partial charge in [0.05, 0.1) is 0 Å². The molecule has 0 aliphatic carbocycles. The van der Waals surface area contributed by atoms with Gasteiger partial charge in [0.1, 0.15) is 0 Å². The number of halogens is 1. The third-order valence-corrected chi connectivity index (χ3v) is 2.26. The molecule has 0 aromatic carbocycles. The Bertz CT molecular complexity index is 219. The van der Waals surface area contributed by atoms with Crippen LogP contribution < -0.4 is 5.32 Å². The zero-order valence-electron chi connectivity index (χ0n) is 7.36. The van der Waals surface area contributed by atoms with Crippen LogP contribution in [0.3, 0.4) is 0 Å². The number of piperidine rings is 1. The highest BCUT2D eigenvalue weighted by atomic mass is 35.5. The van der Waals surface area contributed by atoms with Gasteiger partial charge in [-0.25, -0.2) is 0 Å². The Kier molecular flexibility index (Phi) is 4.11. The van der Waals surface area contributed by atoms with E-state index in [-0.39, 0.29) is 12.4 Å². The molecule has 74 valence electrons. The van der Waals surface area contributed by atoms with Crippen LogP contribution in [0.4, 0.5) is 0 Å². The second kappa shape index (κ2) is 5.14. The van der Waals surface area contributed by atoms with Crippen molar-refractivity contribution in [2.75, 3.05) is 13.1 Å². The summed E-state index contributed by atoms with van der Waals surface area (Å²) in [6.45, 7) is 2.25. The lowest BCUT2D eigenvalue weighted by molar-refractivity contribution is 0.371. The van der Waals surface area contributed by atoms with E-state index in [1.807, 2.05) is 0 Å². The molecule has 0 bridgehead atoms. The van der Waals surface area contributed by atoms with Gasteiger partial charge >= 0.3 is 0 Å². The first-order chi connectivity index (χ1) is 5.95. The molecule has 6 heteroatoms. The number of tetrazole rings is 1. The zero-order chi connectivity index (χ0) is 8.23. The van der Waals surface area contributed by atoms with E-state index in [2.05, 4.69) is 25.9 Å². The fourth-order valence-electron chi connectivity index (χ4n) is 1.63. The van der Waals surface area contributed by atoms with Gasteiger partial charge in [-0.15, -0.1) is 22.6 Å². The summed E-state index contributed by atoms with van der Waals surface area (Å²) in [5.41, 5.74) is 0. The maximum atomic E-state index is 3.94. The number of hydrogen-bond acceptors (Lipinski definition) is 4. The van der Waals surface area contributed by atoms with Crippen molar-refractivity contribution in [3.05, 3.63) is 5.82 Å². The molecule has 13 heavy (non-hydrogen) atoms. The molecule has 0 spiro atoms. The summed E-state index contributed by atoms with van der Waals surface area (Å²) in [5.74, 6) is 1.53. The molecule has 5 nitrogen and oxygen atoms in total. The van der Waals surface area contributed by atoms with Crippen molar-refractivity contribution in [1.82, 2.24) is 25.9 Å². The van der Waals surface area contributed by atoms with Crippen LogP contribution >= 0.6 is 12.4 Å². The maximum absolute atomic E-state index is 3.94. The van der Waals surface area contributed by atoms with Gasteiger partial charge in [0.2, 0.25) is 0 Å². The van der Waals surface area contributed by atoms with E-state index in [0.29, 0.717) is 5.92 Å². The maximum Gasteiger partial charge on any atom is 0.174 e. The lowest BCUT2D eigenvalue weighted by Gasteiger charge is -2.20. The van der Waals surface area contributed by atoms with Crippen molar-refractivity contribution >= 4 is 12.4 Å². The summed E-state index contributed by atoms with van der Waals surface area (Å²) < 4.78 is 0. The van der Waals surface area contributed by atoms with Crippen LogP contribution in [0.2, 0.25) is 0 Å². The van der Waals surface area contributed by atoms with Gasteiger partial charge in [0.15, 0.2) is 5.82 Å². The molecule has 0 radical (unpaired) electrons. The summed E-state index contributed by atoms with van der Waals surface area (Å²) in [5, 5.41) is 17.2. The molecule has 1 aliphatic heterocycles. The number of aromatic amines is 1. The average Bonchev–Trinajstić information content (AvgIpc) is 2.59. The summed E-state index contributed by atoms with van der Waals surface area (Å²) in [7, 11) is 0. The van der Waals surface area contributed by atoms with Crippen LogP contribution in [0.15, 0.2) is 0 Å². The van der Waals surface area contributed by atoms with Crippen LogP contribution in [0, 0.1) is 5.92 Å². The van der Waals surface area contributed by atoms with Crippen molar-refractivity contribution in [3.63, 3.8) is 0 Å². The molecule has 0 saturated carbocycles. The second-order valence-electron chi connectivity index (χ2n) is 3.24.